The molecule has 0 aliphatic carbocycles. The number of rotatable bonds is 4. The Morgan fingerprint density at radius 3 is 2.67 bits per heavy atom. The van der Waals surface area contributed by atoms with Gasteiger partial charge in [0.2, 0.25) is 5.88 Å². The molecule has 0 saturated heterocycles. The van der Waals surface area contributed by atoms with Gasteiger partial charge in [0.1, 0.15) is 17.9 Å². The maximum Gasteiger partial charge on any atom is 0.433 e. The normalized spacial score (nSPS) is 11.5. The first-order chi connectivity index (χ1) is 13.0. The Morgan fingerprint density at radius 1 is 1.00 bits per heavy atom. The molecule has 3 heterocycles. The van der Waals surface area contributed by atoms with E-state index < -0.39 is 11.9 Å². The standard InChI is InChI=1S/C17H11F3N6O/c18-17(19,20)13-9-14(26-16(25-13)22-10-23-26)24-11-4-3-5-12(8-11)27-15-6-1-2-7-21-15/h1-10,24H. The lowest BCUT2D eigenvalue weighted by molar-refractivity contribution is -0.141. The molecule has 10 heteroatoms. The number of anilines is 2. The van der Waals surface area contributed by atoms with Crippen LogP contribution >= 0.6 is 0 Å². The Bertz CT molecular complexity index is 1080. The molecule has 4 rings (SSSR count). The van der Waals surface area contributed by atoms with Gasteiger partial charge in [-0.1, -0.05) is 12.1 Å². The first-order valence-corrected chi connectivity index (χ1v) is 7.73. The molecular formula is C17H11F3N6O. The van der Waals surface area contributed by atoms with Crippen molar-refractivity contribution in [3.63, 3.8) is 0 Å². The summed E-state index contributed by atoms with van der Waals surface area (Å²) in [4.78, 5) is 11.3. The van der Waals surface area contributed by atoms with Gasteiger partial charge in [-0.3, -0.25) is 0 Å². The molecule has 3 aromatic heterocycles. The molecule has 0 bridgehead atoms. The van der Waals surface area contributed by atoms with Crippen LogP contribution in [0.5, 0.6) is 11.6 Å². The Labute approximate surface area is 150 Å². The van der Waals surface area contributed by atoms with Gasteiger partial charge in [0, 0.05) is 30.1 Å². The Hall–Kier alpha value is -3.69. The summed E-state index contributed by atoms with van der Waals surface area (Å²) in [7, 11) is 0. The first-order valence-electron chi connectivity index (χ1n) is 7.73. The fraction of sp³-hybridized carbons (Fsp3) is 0.0588. The summed E-state index contributed by atoms with van der Waals surface area (Å²) in [6.45, 7) is 0. The number of alkyl halides is 3. The van der Waals surface area contributed by atoms with Crippen molar-refractivity contribution in [1.82, 2.24) is 24.6 Å². The largest absolute Gasteiger partial charge is 0.439 e. The van der Waals surface area contributed by atoms with E-state index in [-0.39, 0.29) is 11.6 Å². The number of hydrogen-bond acceptors (Lipinski definition) is 6. The highest BCUT2D eigenvalue weighted by molar-refractivity contribution is 5.60. The lowest BCUT2D eigenvalue weighted by Crippen LogP contribution is -2.12. The molecule has 4 aromatic rings. The molecule has 1 aromatic carbocycles. The summed E-state index contributed by atoms with van der Waals surface area (Å²) in [5.74, 6) is 0.781. The van der Waals surface area contributed by atoms with Gasteiger partial charge >= 0.3 is 6.18 Å². The van der Waals surface area contributed by atoms with E-state index in [1.54, 1.807) is 48.7 Å². The maximum absolute atomic E-state index is 13.1. The third kappa shape index (κ3) is 3.64. The number of hydrogen-bond donors (Lipinski definition) is 1. The second-order valence-corrected chi connectivity index (χ2v) is 5.42. The van der Waals surface area contributed by atoms with Crippen molar-refractivity contribution < 1.29 is 17.9 Å². The van der Waals surface area contributed by atoms with E-state index in [9.17, 15) is 13.2 Å². The number of halogens is 3. The van der Waals surface area contributed by atoms with Gasteiger partial charge < -0.3 is 10.1 Å². The topological polar surface area (TPSA) is 77.2 Å². The fourth-order valence-corrected chi connectivity index (χ4v) is 2.36. The maximum atomic E-state index is 13.1. The Morgan fingerprint density at radius 2 is 1.89 bits per heavy atom. The highest BCUT2D eigenvalue weighted by atomic mass is 19.4. The molecule has 27 heavy (non-hydrogen) atoms. The van der Waals surface area contributed by atoms with Crippen molar-refractivity contribution in [2.24, 2.45) is 0 Å². The molecular weight excluding hydrogens is 361 g/mol. The summed E-state index contributed by atoms with van der Waals surface area (Å²) in [6.07, 6.45) is -1.88. The van der Waals surface area contributed by atoms with E-state index in [0.29, 0.717) is 17.3 Å². The zero-order valence-corrected chi connectivity index (χ0v) is 13.6. The molecule has 0 aliphatic heterocycles. The smallest absolute Gasteiger partial charge is 0.433 e. The van der Waals surface area contributed by atoms with E-state index >= 15 is 0 Å². The number of benzene rings is 1. The first kappa shape index (κ1) is 16.8. The van der Waals surface area contributed by atoms with Crippen LogP contribution in [0.25, 0.3) is 5.78 Å². The van der Waals surface area contributed by atoms with Gasteiger partial charge in [0.15, 0.2) is 5.69 Å². The summed E-state index contributed by atoms with van der Waals surface area (Å²) in [6, 6.07) is 12.8. The number of ether oxygens (including phenoxy) is 1. The van der Waals surface area contributed by atoms with Crippen molar-refractivity contribution in [3.8, 4) is 11.6 Å². The number of aromatic nitrogens is 5. The van der Waals surface area contributed by atoms with Gasteiger partial charge in [0.05, 0.1) is 0 Å². The van der Waals surface area contributed by atoms with Crippen LogP contribution in [-0.4, -0.2) is 24.6 Å². The molecule has 0 aliphatic rings. The second kappa shape index (κ2) is 6.56. The molecule has 0 radical (unpaired) electrons. The summed E-state index contributed by atoms with van der Waals surface area (Å²) in [5, 5.41) is 6.79. The van der Waals surface area contributed by atoms with Crippen LogP contribution in [0, 0.1) is 0 Å². The molecule has 1 N–H and O–H groups in total. The van der Waals surface area contributed by atoms with Crippen molar-refractivity contribution >= 4 is 17.3 Å². The van der Waals surface area contributed by atoms with Crippen molar-refractivity contribution in [2.45, 2.75) is 6.18 Å². The van der Waals surface area contributed by atoms with Gasteiger partial charge in [-0.15, -0.1) is 0 Å². The summed E-state index contributed by atoms with van der Waals surface area (Å²) < 4.78 is 46.0. The molecule has 136 valence electrons. The van der Waals surface area contributed by atoms with E-state index in [4.69, 9.17) is 4.74 Å². The van der Waals surface area contributed by atoms with Crippen LogP contribution < -0.4 is 10.1 Å². The van der Waals surface area contributed by atoms with Crippen molar-refractivity contribution in [1.29, 1.82) is 0 Å². The lowest BCUT2D eigenvalue weighted by atomic mass is 10.3. The highest BCUT2D eigenvalue weighted by Gasteiger charge is 2.34. The zero-order chi connectivity index (χ0) is 18.9. The molecule has 0 atom stereocenters. The summed E-state index contributed by atoms with van der Waals surface area (Å²) >= 11 is 0. The van der Waals surface area contributed by atoms with Crippen molar-refractivity contribution in [2.75, 3.05) is 5.32 Å². The van der Waals surface area contributed by atoms with Crippen molar-refractivity contribution in [3.05, 3.63) is 66.7 Å². The molecule has 0 spiro atoms. The number of nitrogens with one attached hydrogen (secondary N) is 1. The van der Waals surface area contributed by atoms with E-state index in [1.165, 1.54) is 4.52 Å². The minimum absolute atomic E-state index is 0.0693. The monoisotopic (exact) mass is 372 g/mol. The van der Waals surface area contributed by atoms with Gasteiger partial charge in [-0.2, -0.15) is 27.8 Å². The highest BCUT2D eigenvalue weighted by Crippen LogP contribution is 2.31. The van der Waals surface area contributed by atoms with E-state index in [1.807, 2.05) is 0 Å². The van der Waals surface area contributed by atoms with E-state index in [0.717, 1.165) is 12.4 Å². The number of fused-ring (bicyclic) bond motifs is 1. The Balaban J connectivity index is 1.66. The number of pyridine rings is 1. The van der Waals surface area contributed by atoms with Crippen LogP contribution in [0.3, 0.4) is 0 Å². The molecule has 0 amide bonds. The number of nitrogens with zero attached hydrogens (tertiary/aromatic N) is 5. The fourth-order valence-electron chi connectivity index (χ4n) is 2.36. The van der Waals surface area contributed by atoms with Crippen LogP contribution in [0.15, 0.2) is 61.1 Å². The van der Waals surface area contributed by atoms with Gasteiger partial charge in [0.25, 0.3) is 5.78 Å². The average molecular weight is 372 g/mol. The predicted molar refractivity (Wildman–Crippen MR) is 89.8 cm³/mol. The van der Waals surface area contributed by atoms with Gasteiger partial charge in [-0.05, 0) is 18.2 Å². The molecule has 0 unspecified atom stereocenters. The summed E-state index contributed by atoms with van der Waals surface area (Å²) in [5.41, 5.74) is -0.564. The Kier molecular flexibility index (Phi) is 4.07. The van der Waals surface area contributed by atoms with E-state index in [2.05, 4.69) is 25.4 Å². The lowest BCUT2D eigenvalue weighted by Gasteiger charge is -2.12. The molecule has 0 fully saturated rings. The van der Waals surface area contributed by atoms with Crippen LogP contribution in [0.1, 0.15) is 5.69 Å². The SMILES string of the molecule is FC(F)(F)c1cc(Nc2cccc(Oc3ccccn3)c2)n2ncnc2n1. The van der Waals surface area contributed by atoms with Crippen LogP contribution in [0.2, 0.25) is 0 Å². The minimum Gasteiger partial charge on any atom is -0.439 e. The quantitative estimate of drug-likeness (QED) is 0.582. The van der Waals surface area contributed by atoms with Crippen LogP contribution in [0.4, 0.5) is 24.7 Å². The predicted octanol–water partition coefficient (Wildman–Crippen LogP) is 4.07. The zero-order valence-electron chi connectivity index (χ0n) is 13.6. The van der Waals surface area contributed by atoms with Gasteiger partial charge in [-0.25, -0.2) is 9.97 Å². The minimum atomic E-state index is -4.60. The van der Waals surface area contributed by atoms with Crippen LogP contribution in [-0.2, 0) is 6.18 Å². The molecule has 0 saturated carbocycles. The third-order valence-corrected chi connectivity index (χ3v) is 3.51. The average Bonchev–Trinajstić information content (AvgIpc) is 3.11. The third-order valence-electron chi connectivity index (χ3n) is 3.51. The molecule has 7 nitrogen and oxygen atoms in total. The second-order valence-electron chi connectivity index (χ2n) is 5.42.